The van der Waals surface area contributed by atoms with Crippen molar-refractivity contribution in [1.82, 2.24) is 0 Å². The Balaban J connectivity index is 2.49. The molecule has 0 aromatic heterocycles. The zero-order valence-electron chi connectivity index (χ0n) is 8.37. The molecule has 0 amide bonds. The van der Waals surface area contributed by atoms with E-state index in [2.05, 4.69) is 0 Å². The summed E-state index contributed by atoms with van der Waals surface area (Å²) in [6.07, 6.45) is 0.194. The molecule has 2 aromatic rings. The Hall–Kier alpha value is -1.96. The molecular weight excluding hydrogens is 206 g/mol. The van der Waals surface area contributed by atoms with Crippen LogP contribution in [0.25, 0.3) is 23.3 Å². The fraction of sp³-hybridized carbons (Fsp3) is 0. The monoisotopic (exact) mass is 214 g/mol. The number of benzene rings is 2. The number of rotatable bonds is 0. The Morgan fingerprint density at radius 3 is 2.38 bits per heavy atom. The van der Waals surface area contributed by atoms with Gasteiger partial charge in [-0.2, -0.15) is 8.78 Å². The summed E-state index contributed by atoms with van der Waals surface area (Å²) < 4.78 is 25.5. The predicted molar refractivity (Wildman–Crippen MR) is 60.3 cm³/mol. The molecule has 2 heteroatoms. The molecule has 0 aliphatic heterocycles. The zero-order chi connectivity index (χ0) is 11.1. The van der Waals surface area contributed by atoms with Crippen molar-refractivity contribution in [2.75, 3.05) is 0 Å². The summed E-state index contributed by atoms with van der Waals surface area (Å²) in [7, 11) is 0. The standard InChI is InChI=1S/C14H8F2/c15-14(16)12-7-3-6-11-10-5-2-1-4-9(10)8-13(11)12/h1-8H. The second-order valence-corrected chi connectivity index (χ2v) is 3.76. The van der Waals surface area contributed by atoms with Crippen LogP contribution in [-0.2, 0) is 0 Å². The van der Waals surface area contributed by atoms with Gasteiger partial charge in [0.1, 0.15) is 0 Å². The quantitative estimate of drug-likeness (QED) is 0.539. The molecule has 0 N–H and O–H groups in total. The predicted octanol–water partition coefficient (Wildman–Crippen LogP) is 2.50. The Morgan fingerprint density at radius 1 is 0.812 bits per heavy atom. The summed E-state index contributed by atoms with van der Waals surface area (Å²) in [5.74, 6) is 0. The second-order valence-electron chi connectivity index (χ2n) is 3.76. The average molecular weight is 214 g/mol. The summed E-state index contributed by atoms with van der Waals surface area (Å²) in [5.41, 5.74) is 2.92. The van der Waals surface area contributed by atoms with E-state index in [1.807, 2.05) is 36.4 Å². The Morgan fingerprint density at radius 2 is 1.56 bits per heavy atom. The molecule has 0 spiro atoms. The summed E-state index contributed by atoms with van der Waals surface area (Å²) in [6.45, 7) is 0. The van der Waals surface area contributed by atoms with Gasteiger partial charge < -0.3 is 0 Å². The number of hydrogen-bond donors (Lipinski definition) is 0. The molecule has 78 valence electrons. The maximum absolute atomic E-state index is 12.7. The van der Waals surface area contributed by atoms with Crippen molar-refractivity contribution in [3.8, 4) is 11.1 Å². The van der Waals surface area contributed by atoms with Gasteiger partial charge in [0, 0.05) is 5.22 Å². The van der Waals surface area contributed by atoms with Crippen LogP contribution in [0.5, 0.6) is 0 Å². The van der Waals surface area contributed by atoms with Crippen LogP contribution in [0, 0.1) is 0 Å². The molecule has 0 saturated carbocycles. The fourth-order valence-electron chi connectivity index (χ4n) is 2.14. The average Bonchev–Trinajstić information content (AvgIpc) is 2.67. The van der Waals surface area contributed by atoms with Crippen molar-refractivity contribution >= 4 is 12.2 Å². The van der Waals surface area contributed by atoms with Gasteiger partial charge in [0.05, 0.1) is 0 Å². The topological polar surface area (TPSA) is 0 Å². The molecule has 0 fully saturated rings. The Bertz CT molecular complexity index is 680. The molecule has 0 unspecified atom stereocenters. The maximum Gasteiger partial charge on any atom is 0.278 e. The van der Waals surface area contributed by atoms with Crippen molar-refractivity contribution in [3.63, 3.8) is 0 Å². The van der Waals surface area contributed by atoms with Gasteiger partial charge in [0.15, 0.2) is 0 Å². The lowest BCUT2D eigenvalue weighted by atomic mass is 10.1. The molecule has 16 heavy (non-hydrogen) atoms. The largest absolute Gasteiger partial charge is 0.278 e. The first-order valence-corrected chi connectivity index (χ1v) is 5.03. The minimum Gasteiger partial charge on any atom is -0.173 e. The third-order valence-corrected chi connectivity index (χ3v) is 2.86. The van der Waals surface area contributed by atoms with E-state index in [0.717, 1.165) is 16.7 Å². The normalized spacial score (nSPS) is 11.6. The van der Waals surface area contributed by atoms with Crippen molar-refractivity contribution in [2.45, 2.75) is 0 Å². The lowest BCUT2D eigenvalue weighted by Gasteiger charge is -1.99. The van der Waals surface area contributed by atoms with Gasteiger partial charge in [-0.3, -0.25) is 0 Å². The maximum atomic E-state index is 12.7. The molecule has 0 atom stereocenters. The highest BCUT2D eigenvalue weighted by Crippen LogP contribution is 2.24. The van der Waals surface area contributed by atoms with E-state index in [1.165, 1.54) is 6.07 Å². The van der Waals surface area contributed by atoms with Crippen LogP contribution in [0.3, 0.4) is 0 Å². The van der Waals surface area contributed by atoms with E-state index in [0.29, 0.717) is 5.22 Å². The summed E-state index contributed by atoms with van der Waals surface area (Å²) in [4.78, 5) is 0. The van der Waals surface area contributed by atoms with Crippen molar-refractivity contribution in [2.24, 2.45) is 0 Å². The zero-order valence-corrected chi connectivity index (χ0v) is 8.37. The van der Waals surface area contributed by atoms with Gasteiger partial charge in [0.2, 0.25) is 0 Å². The fourth-order valence-corrected chi connectivity index (χ4v) is 2.14. The van der Waals surface area contributed by atoms with E-state index in [9.17, 15) is 8.78 Å². The molecule has 0 heterocycles. The second kappa shape index (κ2) is 3.27. The van der Waals surface area contributed by atoms with Crippen molar-refractivity contribution < 1.29 is 8.78 Å². The highest BCUT2D eigenvalue weighted by Gasteiger charge is 2.12. The third kappa shape index (κ3) is 1.20. The van der Waals surface area contributed by atoms with Crippen LogP contribution < -0.4 is 10.4 Å². The molecule has 0 radical (unpaired) electrons. The van der Waals surface area contributed by atoms with Gasteiger partial charge in [-0.15, -0.1) is 0 Å². The van der Waals surface area contributed by atoms with E-state index in [1.54, 1.807) is 6.07 Å². The van der Waals surface area contributed by atoms with Gasteiger partial charge in [-0.1, -0.05) is 36.4 Å². The highest BCUT2D eigenvalue weighted by atomic mass is 19.3. The molecule has 0 saturated heterocycles. The van der Waals surface area contributed by atoms with Crippen LogP contribution in [0.4, 0.5) is 8.78 Å². The molecular formula is C14H8F2. The number of hydrogen-bond acceptors (Lipinski definition) is 0. The molecule has 1 aliphatic rings. The first-order valence-electron chi connectivity index (χ1n) is 5.03. The van der Waals surface area contributed by atoms with Gasteiger partial charge in [-0.25, -0.2) is 0 Å². The van der Waals surface area contributed by atoms with E-state index in [4.69, 9.17) is 0 Å². The van der Waals surface area contributed by atoms with Crippen molar-refractivity contribution in [1.29, 1.82) is 0 Å². The smallest absolute Gasteiger partial charge is 0.173 e. The minimum atomic E-state index is -1.62. The van der Waals surface area contributed by atoms with Crippen LogP contribution in [0.1, 0.15) is 5.56 Å². The number of fused-ring (bicyclic) bond motifs is 3. The highest BCUT2D eigenvalue weighted by molar-refractivity contribution is 5.82. The SMILES string of the molecule is FC(F)=c1cccc2c1=Cc1ccccc1-2. The first-order chi connectivity index (χ1) is 7.77. The first kappa shape index (κ1) is 9.28. The molecule has 0 nitrogen and oxygen atoms in total. The summed E-state index contributed by atoms with van der Waals surface area (Å²) >= 11 is 0. The van der Waals surface area contributed by atoms with Crippen LogP contribution in [-0.4, -0.2) is 0 Å². The molecule has 2 aromatic carbocycles. The number of halogens is 2. The third-order valence-electron chi connectivity index (χ3n) is 2.86. The van der Waals surface area contributed by atoms with Gasteiger partial charge in [-0.05, 0) is 34.1 Å². The molecule has 1 aliphatic carbocycles. The molecule has 0 bridgehead atoms. The van der Waals surface area contributed by atoms with Gasteiger partial charge >= 0.3 is 0 Å². The summed E-state index contributed by atoms with van der Waals surface area (Å²) in [6, 6.07) is 12.7. The summed E-state index contributed by atoms with van der Waals surface area (Å²) in [5, 5.41) is 0.664. The minimum absolute atomic E-state index is 0.0358. The van der Waals surface area contributed by atoms with Crippen LogP contribution in [0.15, 0.2) is 42.5 Å². The van der Waals surface area contributed by atoms with E-state index in [-0.39, 0.29) is 5.22 Å². The lowest BCUT2D eigenvalue weighted by molar-refractivity contribution is 0.541. The Labute approximate surface area is 91.2 Å². The van der Waals surface area contributed by atoms with Crippen molar-refractivity contribution in [3.05, 3.63) is 58.5 Å². The van der Waals surface area contributed by atoms with E-state index >= 15 is 0 Å². The molecule has 3 rings (SSSR count). The van der Waals surface area contributed by atoms with E-state index < -0.39 is 6.08 Å². The van der Waals surface area contributed by atoms with Crippen LogP contribution in [0.2, 0.25) is 0 Å². The Kier molecular flexibility index (Phi) is 1.90. The van der Waals surface area contributed by atoms with Crippen LogP contribution >= 0.6 is 0 Å². The lowest BCUT2D eigenvalue weighted by Crippen LogP contribution is -2.25. The van der Waals surface area contributed by atoms with Gasteiger partial charge in [0.25, 0.3) is 6.08 Å².